The first kappa shape index (κ1) is 13.3. The molecule has 0 bridgehead atoms. The molecule has 0 saturated carbocycles. The Morgan fingerprint density at radius 2 is 2.31 bits per heavy atom. The van der Waals surface area contributed by atoms with E-state index in [4.69, 9.17) is 11.6 Å². The zero-order valence-electron chi connectivity index (χ0n) is 8.14. The van der Waals surface area contributed by atoms with Crippen LogP contribution >= 0.6 is 27.5 Å². The molecular formula is C9H7BrClF2NO2. The van der Waals surface area contributed by atoms with Gasteiger partial charge in [0.05, 0.1) is 23.4 Å². The molecular weight excluding hydrogens is 307 g/mol. The second kappa shape index (κ2) is 5.54. The van der Waals surface area contributed by atoms with Crippen molar-refractivity contribution in [3.05, 3.63) is 28.0 Å². The van der Waals surface area contributed by atoms with Gasteiger partial charge >= 0.3 is 5.97 Å². The summed E-state index contributed by atoms with van der Waals surface area (Å²) in [6, 6.07) is 1.14. The predicted octanol–water partition coefficient (Wildman–Crippen LogP) is 3.35. The number of methoxy groups -OCH3 is 1. The maximum Gasteiger partial charge on any atom is 0.339 e. The van der Waals surface area contributed by atoms with Gasteiger partial charge in [-0.1, -0.05) is 27.5 Å². The average Bonchev–Trinajstić information content (AvgIpc) is 2.27. The molecule has 3 nitrogen and oxygen atoms in total. The molecule has 0 aromatic carbocycles. The molecule has 0 N–H and O–H groups in total. The monoisotopic (exact) mass is 313 g/mol. The van der Waals surface area contributed by atoms with Gasteiger partial charge in [-0.2, -0.15) is 0 Å². The van der Waals surface area contributed by atoms with E-state index in [2.05, 4.69) is 25.7 Å². The van der Waals surface area contributed by atoms with Crippen LogP contribution in [0.1, 0.15) is 28.2 Å². The van der Waals surface area contributed by atoms with Crippen LogP contribution in [0.25, 0.3) is 0 Å². The van der Waals surface area contributed by atoms with Crippen molar-refractivity contribution in [2.75, 3.05) is 7.11 Å². The van der Waals surface area contributed by atoms with E-state index in [0.717, 1.165) is 13.2 Å². The van der Waals surface area contributed by atoms with E-state index in [1.807, 2.05) is 0 Å². The third-order valence-electron chi connectivity index (χ3n) is 1.82. The molecule has 0 atom stereocenters. The zero-order valence-corrected chi connectivity index (χ0v) is 10.5. The second-order valence-corrected chi connectivity index (χ2v) is 3.74. The third kappa shape index (κ3) is 2.68. The number of aromatic nitrogens is 1. The summed E-state index contributed by atoms with van der Waals surface area (Å²) in [6.45, 7) is 0. The minimum absolute atomic E-state index is 0.140. The molecule has 0 radical (unpaired) electrons. The van der Waals surface area contributed by atoms with E-state index in [0.29, 0.717) is 0 Å². The van der Waals surface area contributed by atoms with Crippen molar-refractivity contribution in [3.8, 4) is 0 Å². The Kier molecular flexibility index (Phi) is 4.61. The van der Waals surface area contributed by atoms with Gasteiger partial charge in [0.2, 0.25) is 0 Å². The molecule has 0 fully saturated rings. The van der Waals surface area contributed by atoms with Crippen molar-refractivity contribution in [1.82, 2.24) is 4.98 Å². The SMILES string of the molecule is COC(=O)c1cc(Cl)c(CBr)nc1C(F)F. The summed E-state index contributed by atoms with van der Waals surface area (Å²) in [7, 11) is 1.10. The number of carbonyl (C=O) groups is 1. The number of pyridine rings is 1. The Bertz CT molecular complexity index is 415. The number of alkyl halides is 3. The Hall–Kier alpha value is -0.750. The van der Waals surface area contributed by atoms with Gasteiger partial charge in [0, 0.05) is 5.33 Å². The van der Waals surface area contributed by atoms with Crippen LogP contribution in [0.3, 0.4) is 0 Å². The van der Waals surface area contributed by atoms with Gasteiger partial charge < -0.3 is 4.74 Å². The molecule has 7 heteroatoms. The van der Waals surface area contributed by atoms with E-state index in [9.17, 15) is 13.6 Å². The highest BCUT2D eigenvalue weighted by molar-refractivity contribution is 9.08. The summed E-state index contributed by atoms with van der Waals surface area (Å²) in [6.07, 6.45) is -2.86. The fourth-order valence-electron chi connectivity index (χ4n) is 1.08. The Morgan fingerprint density at radius 3 is 2.75 bits per heavy atom. The van der Waals surface area contributed by atoms with Gasteiger partial charge in [-0.3, -0.25) is 0 Å². The second-order valence-electron chi connectivity index (χ2n) is 2.78. The fraction of sp³-hybridized carbons (Fsp3) is 0.333. The van der Waals surface area contributed by atoms with Crippen molar-refractivity contribution in [3.63, 3.8) is 0 Å². The van der Waals surface area contributed by atoms with Crippen LogP contribution in [0.4, 0.5) is 8.78 Å². The maximum absolute atomic E-state index is 12.6. The number of nitrogens with zero attached hydrogens (tertiary/aromatic N) is 1. The van der Waals surface area contributed by atoms with E-state index in [1.54, 1.807) is 0 Å². The molecule has 0 aliphatic rings. The van der Waals surface area contributed by atoms with E-state index < -0.39 is 18.1 Å². The molecule has 0 aliphatic carbocycles. The maximum atomic E-state index is 12.6. The number of esters is 1. The van der Waals surface area contributed by atoms with Gasteiger partial charge in [-0.25, -0.2) is 18.6 Å². The number of halogens is 4. The zero-order chi connectivity index (χ0) is 12.3. The Morgan fingerprint density at radius 1 is 1.69 bits per heavy atom. The lowest BCUT2D eigenvalue weighted by Gasteiger charge is -2.09. The first-order valence-corrected chi connectivity index (χ1v) is 5.63. The summed E-state index contributed by atoms with van der Waals surface area (Å²) < 4.78 is 29.7. The number of ether oxygens (including phenoxy) is 1. The smallest absolute Gasteiger partial charge is 0.339 e. The lowest BCUT2D eigenvalue weighted by atomic mass is 10.2. The van der Waals surface area contributed by atoms with Crippen molar-refractivity contribution >= 4 is 33.5 Å². The molecule has 88 valence electrons. The molecule has 1 heterocycles. The molecule has 0 aliphatic heterocycles. The number of rotatable bonds is 3. The number of hydrogen-bond acceptors (Lipinski definition) is 3. The van der Waals surface area contributed by atoms with Crippen molar-refractivity contribution in [2.24, 2.45) is 0 Å². The van der Waals surface area contributed by atoms with E-state index in [1.165, 1.54) is 0 Å². The van der Waals surface area contributed by atoms with Gasteiger partial charge in [0.1, 0.15) is 5.69 Å². The summed E-state index contributed by atoms with van der Waals surface area (Å²) in [5, 5.41) is 0.370. The molecule has 1 aromatic heterocycles. The molecule has 0 unspecified atom stereocenters. The minimum Gasteiger partial charge on any atom is -0.465 e. The Balaban J connectivity index is 3.36. The van der Waals surface area contributed by atoms with Crippen LogP contribution in [-0.2, 0) is 10.1 Å². The van der Waals surface area contributed by atoms with Gasteiger partial charge in [0.15, 0.2) is 0 Å². The van der Waals surface area contributed by atoms with Crippen LogP contribution in [0.2, 0.25) is 5.02 Å². The van der Waals surface area contributed by atoms with Crippen LogP contribution in [-0.4, -0.2) is 18.1 Å². The van der Waals surface area contributed by atoms with Crippen molar-refractivity contribution in [1.29, 1.82) is 0 Å². The molecule has 16 heavy (non-hydrogen) atoms. The first-order valence-electron chi connectivity index (χ1n) is 4.13. The van der Waals surface area contributed by atoms with Crippen molar-refractivity contribution < 1.29 is 18.3 Å². The quantitative estimate of drug-likeness (QED) is 0.634. The van der Waals surface area contributed by atoms with Crippen LogP contribution in [0.15, 0.2) is 6.07 Å². The largest absolute Gasteiger partial charge is 0.465 e. The van der Waals surface area contributed by atoms with Gasteiger partial charge in [-0.05, 0) is 6.07 Å². The lowest BCUT2D eigenvalue weighted by molar-refractivity contribution is 0.0587. The predicted molar refractivity (Wildman–Crippen MR) is 58.2 cm³/mol. The molecule has 1 rings (SSSR count). The third-order valence-corrected chi connectivity index (χ3v) is 2.68. The number of carbonyl (C=O) groups excluding carboxylic acids is 1. The Labute approximate surface area is 104 Å². The fourth-order valence-corrected chi connectivity index (χ4v) is 1.88. The topological polar surface area (TPSA) is 39.2 Å². The van der Waals surface area contributed by atoms with Gasteiger partial charge in [-0.15, -0.1) is 0 Å². The first-order chi connectivity index (χ1) is 7.51. The average molecular weight is 315 g/mol. The molecule has 1 aromatic rings. The van der Waals surface area contributed by atoms with Gasteiger partial charge in [0.25, 0.3) is 6.43 Å². The van der Waals surface area contributed by atoms with Crippen LogP contribution < -0.4 is 0 Å². The minimum atomic E-state index is -2.86. The van der Waals surface area contributed by atoms with E-state index in [-0.39, 0.29) is 21.6 Å². The van der Waals surface area contributed by atoms with Crippen molar-refractivity contribution in [2.45, 2.75) is 11.8 Å². The highest BCUT2D eigenvalue weighted by Crippen LogP contribution is 2.27. The molecule has 0 spiro atoms. The molecule has 0 saturated heterocycles. The number of hydrogen-bond donors (Lipinski definition) is 0. The van der Waals surface area contributed by atoms with E-state index >= 15 is 0 Å². The summed E-state index contributed by atoms with van der Waals surface area (Å²) in [5.41, 5.74) is -0.678. The molecule has 0 amide bonds. The highest BCUT2D eigenvalue weighted by Gasteiger charge is 2.22. The summed E-state index contributed by atoms with van der Waals surface area (Å²) in [5.74, 6) is -0.883. The standard InChI is InChI=1S/C9H7BrClF2NO2/c1-16-9(15)4-2-5(11)6(3-10)14-7(4)8(12)13/h2,8H,3H2,1H3. The summed E-state index contributed by atoms with van der Waals surface area (Å²) in [4.78, 5) is 14.9. The lowest BCUT2D eigenvalue weighted by Crippen LogP contribution is -2.09. The van der Waals surface area contributed by atoms with Crippen LogP contribution in [0.5, 0.6) is 0 Å². The van der Waals surface area contributed by atoms with Crippen LogP contribution in [0, 0.1) is 0 Å². The summed E-state index contributed by atoms with van der Waals surface area (Å²) >= 11 is 8.82. The highest BCUT2D eigenvalue weighted by atomic mass is 79.9. The normalized spacial score (nSPS) is 10.6.